The maximum Gasteiger partial charge on any atom is 0.272 e. The summed E-state index contributed by atoms with van der Waals surface area (Å²) in [4.78, 5) is 10.5. The third kappa shape index (κ3) is 2.18. The van der Waals surface area contributed by atoms with Gasteiger partial charge in [0.2, 0.25) is 0 Å². The van der Waals surface area contributed by atoms with Crippen molar-refractivity contribution in [1.29, 1.82) is 0 Å². The number of nitro groups is 1. The number of nitrogens with zero attached hydrogens (tertiary/aromatic N) is 1. The van der Waals surface area contributed by atoms with Crippen LogP contribution in [0.15, 0.2) is 42.5 Å². The smallest absolute Gasteiger partial charge is 0.258 e. The van der Waals surface area contributed by atoms with Gasteiger partial charge in [-0.25, -0.2) is 0 Å². The molecule has 0 spiro atoms. The Morgan fingerprint density at radius 1 is 1.00 bits per heavy atom. The minimum absolute atomic E-state index is 0.183. The molecule has 0 aliphatic rings. The molecule has 2 aromatic rings. The van der Waals surface area contributed by atoms with Crippen molar-refractivity contribution in [2.24, 2.45) is 0 Å². The zero-order chi connectivity index (χ0) is 12.4. The molecule has 0 aromatic heterocycles. The summed E-state index contributed by atoms with van der Waals surface area (Å²) in [6.45, 7) is 3.67. The van der Waals surface area contributed by atoms with Crippen molar-refractivity contribution in [3.63, 3.8) is 0 Å². The van der Waals surface area contributed by atoms with Crippen molar-refractivity contribution in [2.45, 2.75) is 13.8 Å². The molecule has 0 aliphatic carbocycles. The van der Waals surface area contributed by atoms with Crippen molar-refractivity contribution >= 4 is 5.69 Å². The monoisotopic (exact) mass is 227 g/mol. The highest BCUT2D eigenvalue weighted by Crippen LogP contribution is 2.29. The second-order valence-electron chi connectivity index (χ2n) is 4.08. The number of nitro benzene ring substituents is 1. The molecule has 17 heavy (non-hydrogen) atoms. The lowest BCUT2D eigenvalue weighted by Gasteiger charge is -2.07. The van der Waals surface area contributed by atoms with Gasteiger partial charge in [0.1, 0.15) is 0 Å². The molecule has 0 bridgehead atoms. The lowest BCUT2D eigenvalue weighted by molar-refractivity contribution is -0.385. The van der Waals surface area contributed by atoms with E-state index in [4.69, 9.17) is 0 Å². The first kappa shape index (κ1) is 11.3. The van der Waals surface area contributed by atoms with Crippen LogP contribution in [0.1, 0.15) is 11.1 Å². The highest BCUT2D eigenvalue weighted by Gasteiger charge is 2.13. The SMILES string of the molecule is Cc1cc([N+](=O)[O-])c(C)cc1-c1ccccc1. The highest BCUT2D eigenvalue weighted by molar-refractivity contribution is 5.70. The molecule has 0 unspecified atom stereocenters. The van der Waals surface area contributed by atoms with Gasteiger partial charge in [-0.1, -0.05) is 30.3 Å². The molecule has 0 aliphatic heterocycles. The van der Waals surface area contributed by atoms with Gasteiger partial charge in [-0.15, -0.1) is 0 Å². The van der Waals surface area contributed by atoms with Crippen LogP contribution in [-0.2, 0) is 0 Å². The summed E-state index contributed by atoms with van der Waals surface area (Å²) in [5, 5.41) is 10.8. The average molecular weight is 227 g/mol. The standard InChI is InChI=1S/C14H13NO2/c1-10-9-14(15(16)17)11(2)8-13(10)12-6-4-3-5-7-12/h3-9H,1-2H3. The largest absolute Gasteiger partial charge is 0.272 e. The quantitative estimate of drug-likeness (QED) is 0.577. The Kier molecular flexibility index (Phi) is 2.91. The molecule has 0 saturated heterocycles. The maximum absolute atomic E-state index is 10.8. The second-order valence-corrected chi connectivity index (χ2v) is 4.08. The topological polar surface area (TPSA) is 43.1 Å². The van der Waals surface area contributed by atoms with Gasteiger partial charge in [-0.3, -0.25) is 10.1 Å². The predicted octanol–water partition coefficient (Wildman–Crippen LogP) is 3.88. The van der Waals surface area contributed by atoms with Gasteiger partial charge in [0, 0.05) is 11.6 Å². The Balaban J connectivity index is 2.58. The summed E-state index contributed by atoms with van der Waals surface area (Å²) < 4.78 is 0. The lowest BCUT2D eigenvalue weighted by Crippen LogP contribution is -1.94. The molecular formula is C14H13NO2. The lowest BCUT2D eigenvalue weighted by atomic mass is 9.97. The summed E-state index contributed by atoms with van der Waals surface area (Å²) in [6, 6.07) is 13.4. The molecule has 0 heterocycles. The van der Waals surface area contributed by atoms with E-state index < -0.39 is 0 Å². The van der Waals surface area contributed by atoms with Crippen LogP contribution in [0.5, 0.6) is 0 Å². The van der Waals surface area contributed by atoms with Gasteiger partial charge >= 0.3 is 0 Å². The van der Waals surface area contributed by atoms with Crippen molar-refractivity contribution in [2.75, 3.05) is 0 Å². The van der Waals surface area contributed by atoms with E-state index in [0.29, 0.717) is 5.56 Å². The Labute approximate surface area is 99.9 Å². The average Bonchev–Trinajstić information content (AvgIpc) is 2.32. The molecular weight excluding hydrogens is 214 g/mol. The zero-order valence-electron chi connectivity index (χ0n) is 9.81. The minimum Gasteiger partial charge on any atom is -0.258 e. The van der Waals surface area contributed by atoms with Crippen molar-refractivity contribution in [1.82, 2.24) is 0 Å². The second kappa shape index (κ2) is 4.37. The molecule has 3 nitrogen and oxygen atoms in total. The van der Waals surface area contributed by atoms with Gasteiger partial charge in [0.15, 0.2) is 0 Å². The molecule has 3 heteroatoms. The first-order chi connectivity index (χ1) is 8.09. The summed E-state index contributed by atoms with van der Waals surface area (Å²) >= 11 is 0. The van der Waals surface area contributed by atoms with Crippen LogP contribution in [0.2, 0.25) is 0 Å². The molecule has 86 valence electrons. The van der Waals surface area contributed by atoms with Crippen LogP contribution >= 0.6 is 0 Å². The van der Waals surface area contributed by atoms with Crippen LogP contribution in [-0.4, -0.2) is 4.92 Å². The van der Waals surface area contributed by atoms with Crippen LogP contribution in [0.4, 0.5) is 5.69 Å². The van der Waals surface area contributed by atoms with E-state index in [1.165, 1.54) is 0 Å². The van der Waals surface area contributed by atoms with Gasteiger partial charge in [0.25, 0.3) is 5.69 Å². The van der Waals surface area contributed by atoms with Gasteiger partial charge in [-0.05, 0) is 36.6 Å². The number of hydrogen-bond acceptors (Lipinski definition) is 2. The first-order valence-corrected chi connectivity index (χ1v) is 5.40. The van der Waals surface area contributed by atoms with E-state index in [0.717, 1.165) is 16.7 Å². The summed E-state index contributed by atoms with van der Waals surface area (Å²) in [6.07, 6.45) is 0. The Bertz CT molecular complexity index is 562. The Morgan fingerprint density at radius 3 is 2.24 bits per heavy atom. The third-order valence-electron chi connectivity index (χ3n) is 2.82. The molecule has 0 fully saturated rings. The van der Waals surface area contributed by atoms with E-state index >= 15 is 0 Å². The molecule has 0 saturated carbocycles. The van der Waals surface area contributed by atoms with E-state index in [9.17, 15) is 10.1 Å². The predicted molar refractivity (Wildman–Crippen MR) is 68.0 cm³/mol. The Hall–Kier alpha value is -2.16. The Morgan fingerprint density at radius 2 is 1.65 bits per heavy atom. The van der Waals surface area contributed by atoms with Crippen molar-refractivity contribution in [3.05, 3.63) is 63.7 Å². The van der Waals surface area contributed by atoms with Crippen LogP contribution in [0.25, 0.3) is 11.1 Å². The molecule has 2 rings (SSSR count). The fourth-order valence-electron chi connectivity index (χ4n) is 1.93. The fraction of sp³-hybridized carbons (Fsp3) is 0.143. The number of hydrogen-bond donors (Lipinski definition) is 0. The van der Waals surface area contributed by atoms with E-state index in [2.05, 4.69) is 0 Å². The number of aryl methyl sites for hydroxylation is 2. The first-order valence-electron chi connectivity index (χ1n) is 5.40. The normalized spacial score (nSPS) is 10.2. The zero-order valence-corrected chi connectivity index (χ0v) is 9.81. The van der Waals surface area contributed by atoms with E-state index in [1.807, 2.05) is 43.3 Å². The third-order valence-corrected chi connectivity index (χ3v) is 2.82. The minimum atomic E-state index is -0.336. The van der Waals surface area contributed by atoms with Crippen molar-refractivity contribution in [3.8, 4) is 11.1 Å². The van der Waals surface area contributed by atoms with Crippen molar-refractivity contribution < 1.29 is 4.92 Å². The molecule has 0 radical (unpaired) electrons. The molecule has 0 atom stereocenters. The van der Waals surface area contributed by atoms with Gasteiger partial charge < -0.3 is 0 Å². The molecule has 0 N–H and O–H groups in total. The molecule has 2 aromatic carbocycles. The summed E-state index contributed by atoms with van der Waals surface area (Å²) in [7, 11) is 0. The fourth-order valence-corrected chi connectivity index (χ4v) is 1.93. The maximum atomic E-state index is 10.8. The summed E-state index contributed by atoms with van der Waals surface area (Å²) in [5.74, 6) is 0. The number of benzene rings is 2. The van der Waals surface area contributed by atoms with Crippen LogP contribution in [0.3, 0.4) is 0 Å². The van der Waals surface area contributed by atoms with Gasteiger partial charge in [0.05, 0.1) is 4.92 Å². The van der Waals surface area contributed by atoms with E-state index in [1.54, 1.807) is 13.0 Å². The molecule has 0 amide bonds. The van der Waals surface area contributed by atoms with E-state index in [-0.39, 0.29) is 10.6 Å². The van der Waals surface area contributed by atoms with Crippen LogP contribution < -0.4 is 0 Å². The highest BCUT2D eigenvalue weighted by atomic mass is 16.6. The van der Waals surface area contributed by atoms with Crippen LogP contribution in [0, 0.1) is 24.0 Å². The summed E-state index contributed by atoms with van der Waals surface area (Å²) in [5.41, 5.74) is 3.94. The number of rotatable bonds is 2. The van der Waals surface area contributed by atoms with Gasteiger partial charge in [-0.2, -0.15) is 0 Å².